The number of likely N-dealkylation sites (N-methyl/N-ethyl adjacent to an activating group) is 1. The number of benzene rings is 2. The second-order valence-corrected chi connectivity index (χ2v) is 10.6. The number of aryl methyl sites for hydroxylation is 2. The molecule has 0 saturated carbocycles. The normalized spacial score (nSPS) is 12.2. The number of hydrogen-bond acceptors (Lipinski definition) is 4. The van der Waals surface area contributed by atoms with E-state index >= 15 is 0 Å². The summed E-state index contributed by atoms with van der Waals surface area (Å²) in [6.07, 6.45) is 1.06. The number of carbonyl (C=O) groups excluding carboxylic acids is 2. The molecule has 2 rings (SSSR count). The number of nitrogens with one attached hydrogen (secondary N) is 1. The van der Waals surface area contributed by atoms with Crippen molar-refractivity contribution in [1.82, 2.24) is 10.2 Å². The number of sulfonamides is 1. The van der Waals surface area contributed by atoms with E-state index in [-0.39, 0.29) is 12.5 Å². The number of anilines is 1. The average Bonchev–Trinajstić information content (AvgIpc) is 2.72. The molecular weight excluding hydrogens is 485 g/mol. The minimum Gasteiger partial charge on any atom is -0.355 e. The van der Waals surface area contributed by atoms with E-state index in [1.807, 2.05) is 6.07 Å². The van der Waals surface area contributed by atoms with E-state index in [1.165, 1.54) is 4.90 Å². The highest BCUT2D eigenvalue weighted by atomic mass is 35.5. The SMILES string of the molecule is CCNC(=O)[C@@H](C)N(Cc1ccc(Cl)c(Cl)c1)C(=O)CN(c1c(C)cccc1C)S(C)(=O)=O. The van der Waals surface area contributed by atoms with E-state index in [4.69, 9.17) is 23.2 Å². The molecule has 2 aromatic carbocycles. The molecule has 0 aromatic heterocycles. The standard InChI is InChI=1S/C23H29Cl2N3O4S/c1-6-26-23(30)17(4)27(13-18-10-11-19(24)20(25)12-18)21(29)14-28(33(5,31)32)22-15(2)8-7-9-16(22)3/h7-12,17H,6,13-14H2,1-5H3,(H,26,30)/t17-/m1/s1. The van der Waals surface area contributed by atoms with Gasteiger partial charge in [0.1, 0.15) is 12.6 Å². The molecule has 0 saturated heterocycles. The molecule has 0 radical (unpaired) electrons. The lowest BCUT2D eigenvalue weighted by Crippen LogP contribution is -2.51. The van der Waals surface area contributed by atoms with Crippen LogP contribution in [-0.2, 0) is 26.2 Å². The zero-order valence-electron chi connectivity index (χ0n) is 19.4. The van der Waals surface area contributed by atoms with Gasteiger partial charge in [-0.05, 0) is 56.5 Å². The second-order valence-electron chi connectivity index (χ2n) is 7.85. The van der Waals surface area contributed by atoms with Crippen LogP contribution >= 0.6 is 23.2 Å². The Labute approximate surface area is 205 Å². The van der Waals surface area contributed by atoms with Gasteiger partial charge in [-0.3, -0.25) is 13.9 Å². The third-order valence-electron chi connectivity index (χ3n) is 5.22. The molecule has 0 fully saturated rings. The maximum absolute atomic E-state index is 13.5. The molecule has 2 aromatic rings. The van der Waals surface area contributed by atoms with Gasteiger partial charge in [-0.1, -0.05) is 47.5 Å². The molecule has 7 nitrogen and oxygen atoms in total. The molecule has 33 heavy (non-hydrogen) atoms. The average molecular weight is 514 g/mol. The van der Waals surface area contributed by atoms with Crippen molar-refractivity contribution in [3.05, 3.63) is 63.1 Å². The Morgan fingerprint density at radius 3 is 2.18 bits per heavy atom. The molecular formula is C23H29Cl2N3O4S. The van der Waals surface area contributed by atoms with Gasteiger partial charge in [0.25, 0.3) is 0 Å². The molecule has 0 aliphatic carbocycles. The molecule has 0 unspecified atom stereocenters. The lowest BCUT2D eigenvalue weighted by molar-refractivity contribution is -0.139. The maximum atomic E-state index is 13.5. The van der Waals surface area contributed by atoms with Crippen LogP contribution in [0.1, 0.15) is 30.5 Å². The Balaban J connectivity index is 2.46. The number of amides is 2. The van der Waals surface area contributed by atoms with Crippen LogP contribution < -0.4 is 9.62 Å². The van der Waals surface area contributed by atoms with E-state index < -0.39 is 28.5 Å². The van der Waals surface area contributed by atoms with Gasteiger partial charge in [-0.15, -0.1) is 0 Å². The summed E-state index contributed by atoms with van der Waals surface area (Å²) in [7, 11) is -3.79. The topological polar surface area (TPSA) is 86.8 Å². The van der Waals surface area contributed by atoms with E-state index in [0.717, 1.165) is 21.7 Å². The van der Waals surface area contributed by atoms with Crippen LogP contribution in [0.2, 0.25) is 10.0 Å². The Kier molecular flexibility index (Phi) is 9.17. The first-order chi connectivity index (χ1) is 15.4. The van der Waals surface area contributed by atoms with Gasteiger partial charge in [0, 0.05) is 13.1 Å². The van der Waals surface area contributed by atoms with Gasteiger partial charge in [0.05, 0.1) is 22.0 Å². The van der Waals surface area contributed by atoms with Crippen LogP contribution in [0.25, 0.3) is 0 Å². The van der Waals surface area contributed by atoms with Gasteiger partial charge in [0.15, 0.2) is 0 Å². The Morgan fingerprint density at radius 2 is 1.67 bits per heavy atom. The van der Waals surface area contributed by atoms with Crippen molar-refractivity contribution < 1.29 is 18.0 Å². The fourth-order valence-corrected chi connectivity index (χ4v) is 4.80. The number of hydrogen-bond donors (Lipinski definition) is 1. The van der Waals surface area contributed by atoms with Crippen LogP contribution in [0.4, 0.5) is 5.69 Å². The molecule has 0 bridgehead atoms. The van der Waals surface area contributed by atoms with Crippen LogP contribution in [0.5, 0.6) is 0 Å². The second kappa shape index (κ2) is 11.2. The highest BCUT2D eigenvalue weighted by molar-refractivity contribution is 7.92. The summed E-state index contributed by atoms with van der Waals surface area (Å²) in [5.74, 6) is -0.864. The number of carbonyl (C=O) groups is 2. The minimum absolute atomic E-state index is 0.0539. The lowest BCUT2D eigenvalue weighted by atomic mass is 10.1. The monoisotopic (exact) mass is 513 g/mol. The number of halogens is 2. The molecule has 0 spiro atoms. The molecule has 1 atom stereocenters. The summed E-state index contributed by atoms with van der Waals surface area (Å²) in [6, 6.07) is 9.49. The molecule has 2 amide bonds. The molecule has 10 heteroatoms. The zero-order chi connectivity index (χ0) is 24.9. The third kappa shape index (κ3) is 6.85. The number of para-hydroxylation sites is 1. The Hall–Kier alpha value is -2.29. The first-order valence-corrected chi connectivity index (χ1v) is 13.0. The Bertz CT molecular complexity index is 1120. The fourth-order valence-electron chi connectivity index (χ4n) is 3.51. The highest BCUT2D eigenvalue weighted by Gasteiger charge is 2.31. The van der Waals surface area contributed by atoms with Crippen molar-refractivity contribution in [3.63, 3.8) is 0 Å². The summed E-state index contributed by atoms with van der Waals surface area (Å²) >= 11 is 12.1. The summed E-state index contributed by atoms with van der Waals surface area (Å²) < 4.78 is 26.5. The van der Waals surface area contributed by atoms with E-state index in [0.29, 0.717) is 27.8 Å². The molecule has 1 N–H and O–H groups in total. The largest absolute Gasteiger partial charge is 0.355 e. The number of nitrogens with zero attached hydrogens (tertiary/aromatic N) is 2. The van der Waals surface area contributed by atoms with Crippen molar-refractivity contribution in [2.45, 2.75) is 40.3 Å². The van der Waals surface area contributed by atoms with Gasteiger partial charge in [-0.2, -0.15) is 0 Å². The van der Waals surface area contributed by atoms with Crippen molar-refractivity contribution in [2.75, 3.05) is 23.7 Å². The van der Waals surface area contributed by atoms with Crippen LogP contribution in [0.3, 0.4) is 0 Å². The van der Waals surface area contributed by atoms with E-state index in [2.05, 4.69) is 5.32 Å². The molecule has 180 valence electrons. The van der Waals surface area contributed by atoms with Crippen molar-refractivity contribution in [1.29, 1.82) is 0 Å². The summed E-state index contributed by atoms with van der Waals surface area (Å²) in [5, 5.41) is 3.40. The fraction of sp³-hybridized carbons (Fsp3) is 0.391. The Morgan fingerprint density at radius 1 is 1.06 bits per heavy atom. The summed E-state index contributed by atoms with van der Waals surface area (Å²) in [5.41, 5.74) is 2.56. The van der Waals surface area contributed by atoms with Crippen LogP contribution in [0.15, 0.2) is 36.4 Å². The van der Waals surface area contributed by atoms with Crippen LogP contribution in [0, 0.1) is 13.8 Å². The van der Waals surface area contributed by atoms with Crippen molar-refractivity contribution >= 4 is 50.7 Å². The van der Waals surface area contributed by atoms with Gasteiger partial charge < -0.3 is 10.2 Å². The predicted molar refractivity (Wildman–Crippen MR) is 133 cm³/mol. The van der Waals surface area contributed by atoms with Crippen molar-refractivity contribution in [2.24, 2.45) is 0 Å². The van der Waals surface area contributed by atoms with E-state index in [1.54, 1.807) is 58.0 Å². The summed E-state index contributed by atoms with van der Waals surface area (Å²) in [6.45, 7) is 6.96. The zero-order valence-corrected chi connectivity index (χ0v) is 21.7. The van der Waals surface area contributed by atoms with Crippen molar-refractivity contribution in [3.8, 4) is 0 Å². The lowest BCUT2D eigenvalue weighted by Gasteiger charge is -2.32. The molecule has 0 aliphatic rings. The smallest absolute Gasteiger partial charge is 0.244 e. The molecule has 0 heterocycles. The highest BCUT2D eigenvalue weighted by Crippen LogP contribution is 2.28. The van der Waals surface area contributed by atoms with E-state index in [9.17, 15) is 18.0 Å². The predicted octanol–water partition coefficient (Wildman–Crippen LogP) is 3.93. The van der Waals surface area contributed by atoms with Gasteiger partial charge in [-0.25, -0.2) is 8.42 Å². The molecule has 0 aliphatic heterocycles. The first-order valence-electron chi connectivity index (χ1n) is 10.4. The maximum Gasteiger partial charge on any atom is 0.244 e. The number of rotatable bonds is 9. The van der Waals surface area contributed by atoms with Crippen LogP contribution in [-0.4, -0.2) is 50.5 Å². The third-order valence-corrected chi connectivity index (χ3v) is 7.07. The minimum atomic E-state index is -3.79. The first kappa shape index (κ1) is 27.0. The van der Waals surface area contributed by atoms with Gasteiger partial charge in [0.2, 0.25) is 21.8 Å². The summed E-state index contributed by atoms with van der Waals surface area (Å²) in [4.78, 5) is 27.4. The quantitative estimate of drug-likeness (QED) is 0.550. The van der Waals surface area contributed by atoms with Gasteiger partial charge >= 0.3 is 0 Å².